The summed E-state index contributed by atoms with van der Waals surface area (Å²) in [6.45, 7) is 13.1. The van der Waals surface area contributed by atoms with Crippen LogP contribution in [0, 0.1) is 11.3 Å². The van der Waals surface area contributed by atoms with Crippen LogP contribution in [0.2, 0.25) is 0 Å². The van der Waals surface area contributed by atoms with Crippen molar-refractivity contribution in [2.24, 2.45) is 0 Å². The lowest BCUT2D eigenvalue weighted by molar-refractivity contribution is 0.00261. The summed E-state index contributed by atoms with van der Waals surface area (Å²) in [5.41, 5.74) is 0. The molecular weight excluding hydrogens is 279 g/mol. The molecule has 3 unspecified atom stereocenters. The van der Waals surface area contributed by atoms with Gasteiger partial charge < -0.3 is 14.0 Å². The maximum absolute atomic E-state index is 8.73. The number of nitrogens with zero attached hydrogens (tertiary/aromatic N) is 2. The smallest absolute Gasteiger partial charge is 0.396 e. The first kappa shape index (κ1) is 19.4. The highest BCUT2D eigenvalue weighted by atomic mass is 16.6. The maximum Gasteiger partial charge on any atom is 0.558 e. The first-order chi connectivity index (χ1) is 10.4. The number of hydrogen-bond acceptors (Lipinski definition) is 5. The van der Waals surface area contributed by atoms with Gasteiger partial charge in [-0.05, 0) is 25.4 Å². The molecule has 22 heavy (non-hydrogen) atoms. The van der Waals surface area contributed by atoms with E-state index in [9.17, 15) is 0 Å². The minimum absolute atomic E-state index is 0.0482. The summed E-state index contributed by atoms with van der Waals surface area (Å²) in [5.74, 6) is 0. The van der Waals surface area contributed by atoms with Crippen LogP contribution in [0.3, 0.4) is 0 Å². The molecule has 1 rings (SSSR count). The third kappa shape index (κ3) is 5.55. The molecular formula is C16H31BN2O3. The third-order valence-electron chi connectivity index (χ3n) is 3.99. The third-order valence-corrected chi connectivity index (χ3v) is 3.99. The van der Waals surface area contributed by atoms with Crippen LogP contribution < -0.4 is 0 Å². The highest BCUT2D eigenvalue weighted by Gasteiger charge is 2.40. The van der Waals surface area contributed by atoms with Crippen molar-refractivity contribution in [3.8, 4) is 6.07 Å². The standard InChI is InChI=1S/C16H31BN2O3/c1-7-15-16(11-14(6)21-15)22-17(20-10-8-9-18)19(12(2)3)13(4)5/h12-16H,7-8,10-11H2,1-6H3. The Hall–Kier alpha value is -0.605. The number of nitriles is 1. The Morgan fingerprint density at radius 2 is 1.95 bits per heavy atom. The van der Waals surface area contributed by atoms with Crippen molar-refractivity contribution in [3.63, 3.8) is 0 Å². The summed E-state index contributed by atoms with van der Waals surface area (Å²) in [6, 6.07) is 2.71. The number of ether oxygens (including phenoxy) is 1. The molecule has 3 atom stereocenters. The summed E-state index contributed by atoms with van der Waals surface area (Å²) >= 11 is 0. The molecule has 0 amide bonds. The highest BCUT2D eigenvalue weighted by molar-refractivity contribution is 6.41. The van der Waals surface area contributed by atoms with E-state index in [2.05, 4.69) is 52.4 Å². The molecule has 1 aliphatic heterocycles. The van der Waals surface area contributed by atoms with Crippen molar-refractivity contribution in [2.75, 3.05) is 6.61 Å². The van der Waals surface area contributed by atoms with Gasteiger partial charge in [0.1, 0.15) is 0 Å². The van der Waals surface area contributed by atoms with Crippen LogP contribution in [0.5, 0.6) is 0 Å². The average molecular weight is 310 g/mol. The number of hydrogen-bond donors (Lipinski definition) is 0. The zero-order valence-corrected chi connectivity index (χ0v) is 14.9. The Labute approximate surface area is 136 Å². The zero-order chi connectivity index (χ0) is 16.7. The van der Waals surface area contributed by atoms with Gasteiger partial charge in [0.2, 0.25) is 0 Å². The van der Waals surface area contributed by atoms with Crippen LogP contribution in [0.15, 0.2) is 0 Å². The lowest BCUT2D eigenvalue weighted by Crippen LogP contribution is -2.53. The molecule has 1 fully saturated rings. The van der Waals surface area contributed by atoms with Crippen LogP contribution in [0.4, 0.5) is 0 Å². The van der Waals surface area contributed by atoms with Crippen molar-refractivity contribution in [3.05, 3.63) is 0 Å². The van der Waals surface area contributed by atoms with Crippen LogP contribution in [0.1, 0.15) is 60.8 Å². The monoisotopic (exact) mass is 310 g/mol. The van der Waals surface area contributed by atoms with Gasteiger partial charge in [0.05, 0.1) is 30.8 Å². The van der Waals surface area contributed by atoms with E-state index in [1.165, 1.54) is 0 Å². The molecule has 0 radical (unpaired) electrons. The first-order valence-electron chi connectivity index (χ1n) is 8.47. The lowest BCUT2D eigenvalue weighted by atomic mass is 9.95. The largest absolute Gasteiger partial charge is 0.558 e. The second kappa shape index (κ2) is 9.52. The van der Waals surface area contributed by atoms with Crippen molar-refractivity contribution in [2.45, 2.75) is 91.2 Å². The Morgan fingerprint density at radius 1 is 1.32 bits per heavy atom. The van der Waals surface area contributed by atoms with Gasteiger partial charge in [0.15, 0.2) is 0 Å². The SMILES string of the molecule is CCC1OC(C)CC1OB(OCCC#N)N(C(C)C)C(C)C. The van der Waals surface area contributed by atoms with Gasteiger partial charge in [-0.15, -0.1) is 0 Å². The molecule has 1 saturated heterocycles. The Morgan fingerprint density at radius 3 is 2.45 bits per heavy atom. The van der Waals surface area contributed by atoms with E-state index in [-0.39, 0.29) is 18.3 Å². The average Bonchev–Trinajstić information content (AvgIpc) is 2.78. The molecule has 0 aromatic carbocycles. The van der Waals surface area contributed by atoms with Crippen LogP contribution in [-0.2, 0) is 14.0 Å². The minimum Gasteiger partial charge on any atom is -0.396 e. The molecule has 0 aromatic heterocycles. The molecule has 0 bridgehead atoms. The van der Waals surface area contributed by atoms with Crippen molar-refractivity contribution in [1.29, 1.82) is 5.26 Å². The minimum atomic E-state index is -0.429. The summed E-state index contributed by atoms with van der Waals surface area (Å²) < 4.78 is 18.1. The van der Waals surface area contributed by atoms with E-state index in [0.29, 0.717) is 25.1 Å². The van der Waals surface area contributed by atoms with E-state index < -0.39 is 7.25 Å². The maximum atomic E-state index is 8.73. The molecule has 0 aliphatic carbocycles. The molecule has 6 heteroatoms. The molecule has 5 nitrogen and oxygen atoms in total. The molecule has 126 valence electrons. The van der Waals surface area contributed by atoms with Crippen LogP contribution in [-0.4, -0.2) is 49.1 Å². The molecule has 0 aromatic rings. The van der Waals surface area contributed by atoms with Crippen LogP contribution >= 0.6 is 0 Å². The fourth-order valence-electron chi connectivity index (χ4n) is 3.06. The van der Waals surface area contributed by atoms with Gasteiger partial charge in [-0.2, -0.15) is 5.26 Å². The predicted octanol–water partition coefficient (Wildman–Crippen LogP) is 2.99. The van der Waals surface area contributed by atoms with Gasteiger partial charge in [-0.25, -0.2) is 0 Å². The van der Waals surface area contributed by atoms with E-state index in [4.69, 9.17) is 19.3 Å². The van der Waals surface area contributed by atoms with Crippen molar-refractivity contribution in [1.82, 2.24) is 4.81 Å². The lowest BCUT2D eigenvalue weighted by Gasteiger charge is -2.36. The summed E-state index contributed by atoms with van der Waals surface area (Å²) in [6.07, 6.45) is 2.59. The van der Waals surface area contributed by atoms with Gasteiger partial charge in [-0.1, -0.05) is 34.6 Å². The molecule has 0 spiro atoms. The molecule has 0 saturated carbocycles. The topological polar surface area (TPSA) is 54.7 Å². The Bertz CT molecular complexity index is 352. The van der Waals surface area contributed by atoms with Gasteiger partial charge in [-0.3, -0.25) is 4.81 Å². The molecule has 1 aliphatic rings. The Balaban J connectivity index is 2.78. The second-order valence-electron chi connectivity index (χ2n) is 6.52. The zero-order valence-electron chi connectivity index (χ0n) is 14.9. The fourth-order valence-corrected chi connectivity index (χ4v) is 3.06. The summed E-state index contributed by atoms with van der Waals surface area (Å²) in [4.78, 5) is 2.20. The second-order valence-corrected chi connectivity index (χ2v) is 6.52. The predicted molar refractivity (Wildman–Crippen MR) is 88.2 cm³/mol. The van der Waals surface area contributed by atoms with Crippen molar-refractivity contribution < 1.29 is 14.0 Å². The van der Waals surface area contributed by atoms with Crippen molar-refractivity contribution >= 4 is 7.25 Å². The van der Waals surface area contributed by atoms with Crippen LogP contribution in [0.25, 0.3) is 0 Å². The van der Waals surface area contributed by atoms with E-state index in [1.807, 2.05) is 0 Å². The molecule has 1 heterocycles. The quantitative estimate of drug-likeness (QED) is 0.484. The fraction of sp³-hybridized carbons (Fsp3) is 0.938. The van der Waals surface area contributed by atoms with Gasteiger partial charge in [0.25, 0.3) is 0 Å². The highest BCUT2D eigenvalue weighted by Crippen LogP contribution is 2.27. The van der Waals surface area contributed by atoms with Gasteiger partial charge in [0, 0.05) is 13.0 Å². The van der Waals surface area contributed by atoms with E-state index >= 15 is 0 Å². The van der Waals surface area contributed by atoms with Gasteiger partial charge >= 0.3 is 7.25 Å². The number of rotatable bonds is 9. The first-order valence-corrected chi connectivity index (χ1v) is 8.47. The Kier molecular flexibility index (Phi) is 8.41. The molecule has 0 N–H and O–H groups in total. The van der Waals surface area contributed by atoms with E-state index in [0.717, 1.165) is 12.8 Å². The summed E-state index contributed by atoms with van der Waals surface area (Å²) in [5, 5.41) is 8.73. The normalized spacial score (nSPS) is 25.2. The summed E-state index contributed by atoms with van der Waals surface area (Å²) in [7, 11) is -0.429. The van der Waals surface area contributed by atoms with E-state index in [1.54, 1.807) is 0 Å².